The van der Waals surface area contributed by atoms with E-state index in [9.17, 15) is 22.4 Å². The molecule has 0 aliphatic carbocycles. The van der Waals surface area contributed by atoms with Crippen molar-refractivity contribution in [2.24, 2.45) is 0 Å². The SMILES string of the molecule is O=Cc1c(F)cc(Cl)cc1C(F)(F)F. The van der Waals surface area contributed by atoms with Gasteiger partial charge in [-0.3, -0.25) is 4.79 Å². The Kier molecular flexibility index (Phi) is 2.80. The quantitative estimate of drug-likeness (QED) is 0.530. The van der Waals surface area contributed by atoms with Crippen molar-refractivity contribution in [2.75, 3.05) is 0 Å². The second kappa shape index (κ2) is 3.57. The molecule has 0 heterocycles. The van der Waals surface area contributed by atoms with Crippen LogP contribution in [0.3, 0.4) is 0 Å². The third kappa shape index (κ3) is 2.04. The van der Waals surface area contributed by atoms with Crippen molar-refractivity contribution in [3.05, 3.63) is 34.1 Å². The summed E-state index contributed by atoms with van der Waals surface area (Å²) in [4.78, 5) is 10.2. The van der Waals surface area contributed by atoms with E-state index < -0.39 is 28.1 Å². The van der Waals surface area contributed by atoms with Crippen molar-refractivity contribution < 1.29 is 22.4 Å². The molecule has 0 aliphatic rings. The van der Waals surface area contributed by atoms with Gasteiger partial charge in [-0.15, -0.1) is 0 Å². The molecule has 1 aromatic carbocycles. The summed E-state index contributed by atoms with van der Waals surface area (Å²) < 4.78 is 49.5. The van der Waals surface area contributed by atoms with Gasteiger partial charge in [-0.25, -0.2) is 4.39 Å². The van der Waals surface area contributed by atoms with Crippen LogP contribution < -0.4 is 0 Å². The lowest BCUT2D eigenvalue weighted by Gasteiger charge is -2.09. The number of benzene rings is 1. The molecule has 1 nitrogen and oxygen atoms in total. The van der Waals surface area contributed by atoms with E-state index in [4.69, 9.17) is 11.6 Å². The molecule has 0 aliphatic heterocycles. The fourth-order valence-corrected chi connectivity index (χ4v) is 1.14. The van der Waals surface area contributed by atoms with Crippen molar-refractivity contribution in [1.82, 2.24) is 0 Å². The second-order valence-corrected chi connectivity index (χ2v) is 2.90. The van der Waals surface area contributed by atoms with Crippen LogP contribution in [-0.4, -0.2) is 6.29 Å². The zero-order chi connectivity index (χ0) is 10.9. The van der Waals surface area contributed by atoms with E-state index in [1.807, 2.05) is 0 Å². The average Bonchev–Trinajstić information content (AvgIpc) is 2.01. The number of alkyl halides is 3. The Hall–Kier alpha value is -1.10. The van der Waals surface area contributed by atoms with Crippen LogP contribution in [0.5, 0.6) is 0 Å². The zero-order valence-corrected chi connectivity index (χ0v) is 7.29. The lowest BCUT2D eigenvalue weighted by molar-refractivity contribution is -0.138. The van der Waals surface area contributed by atoms with Gasteiger partial charge in [0.15, 0.2) is 6.29 Å². The Labute approximate surface area is 81.3 Å². The number of carbonyl (C=O) groups excluding carboxylic acids is 1. The fourth-order valence-electron chi connectivity index (χ4n) is 0.939. The summed E-state index contributed by atoms with van der Waals surface area (Å²) in [6, 6.07) is 1.16. The van der Waals surface area contributed by atoms with Crippen LogP contribution in [-0.2, 0) is 6.18 Å². The van der Waals surface area contributed by atoms with E-state index in [0.29, 0.717) is 12.1 Å². The average molecular weight is 227 g/mol. The molecule has 0 amide bonds. The maximum Gasteiger partial charge on any atom is 0.417 e. The minimum Gasteiger partial charge on any atom is -0.298 e. The van der Waals surface area contributed by atoms with E-state index in [0.717, 1.165) is 0 Å². The van der Waals surface area contributed by atoms with Gasteiger partial charge in [-0.1, -0.05) is 11.6 Å². The van der Waals surface area contributed by atoms with Crippen LogP contribution in [0, 0.1) is 5.82 Å². The minimum atomic E-state index is -4.79. The summed E-state index contributed by atoms with van der Waals surface area (Å²) in [6.45, 7) is 0. The first-order valence-electron chi connectivity index (χ1n) is 3.37. The van der Waals surface area contributed by atoms with E-state index in [-0.39, 0.29) is 6.29 Å². The summed E-state index contributed by atoms with van der Waals surface area (Å²) in [7, 11) is 0. The zero-order valence-electron chi connectivity index (χ0n) is 6.53. The predicted octanol–water partition coefficient (Wildman–Crippen LogP) is 3.31. The maximum absolute atomic E-state index is 12.8. The predicted molar refractivity (Wildman–Crippen MR) is 41.8 cm³/mol. The normalized spacial score (nSPS) is 11.5. The summed E-state index contributed by atoms with van der Waals surface area (Å²) >= 11 is 5.23. The van der Waals surface area contributed by atoms with Gasteiger partial charge in [-0.05, 0) is 12.1 Å². The molecule has 1 aromatic rings. The topological polar surface area (TPSA) is 17.1 Å². The molecule has 0 saturated carbocycles. The van der Waals surface area contributed by atoms with Crippen LogP contribution in [0.25, 0.3) is 0 Å². The van der Waals surface area contributed by atoms with E-state index in [2.05, 4.69) is 0 Å². The molecule has 0 fully saturated rings. The smallest absolute Gasteiger partial charge is 0.298 e. The Bertz CT molecular complexity index is 372. The van der Waals surface area contributed by atoms with Gasteiger partial charge in [0.05, 0.1) is 11.1 Å². The standard InChI is InChI=1S/C8H3ClF4O/c9-4-1-6(8(11,12)13)5(3-14)7(10)2-4/h1-3H. The number of hydrogen-bond donors (Lipinski definition) is 0. The van der Waals surface area contributed by atoms with E-state index >= 15 is 0 Å². The van der Waals surface area contributed by atoms with Crippen molar-refractivity contribution >= 4 is 17.9 Å². The first-order valence-corrected chi connectivity index (χ1v) is 3.75. The third-order valence-corrected chi connectivity index (χ3v) is 1.74. The number of rotatable bonds is 1. The van der Waals surface area contributed by atoms with E-state index in [1.165, 1.54) is 0 Å². The summed E-state index contributed by atoms with van der Waals surface area (Å²) in [5.41, 5.74) is -2.39. The number of hydrogen-bond acceptors (Lipinski definition) is 1. The molecule has 0 radical (unpaired) electrons. The van der Waals surface area contributed by atoms with Crippen molar-refractivity contribution in [3.63, 3.8) is 0 Å². The number of carbonyl (C=O) groups is 1. The molecule has 0 atom stereocenters. The third-order valence-electron chi connectivity index (χ3n) is 1.52. The summed E-state index contributed by atoms with van der Waals surface area (Å²) in [6.07, 6.45) is -4.98. The highest BCUT2D eigenvalue weighted by Crippen LogP contribution is 2.34. The molecule has 0 bridgehead atoms. The lowest BCUT2D eigenvalue weighted by atomic mass is 10.1. The van der Waals surface area contributed by atoms with Crippen molar-refractivity contribution in [3.8, 4) is 0 Å². The number of halogens is 5. The second-order valence-electron chi connectivity index (χ2n) is 2.46. The minimum absolute atomic E-state index is 0.186. The van der Waals surface area contributed by atoms with Gasteiger partial charge in [-0.2, -0.15) is 13.2 Å². The molecular weight excluding hydrogens is 224 g/mol. The highest BCUT2D eigenvalue weighted by Gasteiger charge is 2.35. The van der Waals surface area contributed by atoms with Crippen LogP contribution in [0.15, 0.2) is 12.1 Å². The Morgan fingerprint density at radius 2 is 1.86 bits per heavy atom. The Balaban J connectivity index is 3.48. The van der Waals surface area contributed by atoms with Crippen molar-refractivity contribution in [2.45, 2.75) is 6.18 Å². The van der Waals surface area contributed by atoms with Crippen LogP contribution in [0.2, 0.25) is 5.02 Å². The molecular formula is C8H3ClF4O. The largest absolute Gasteiger partial charge is 0.417 e. The molecule has 76 valence electrons. The Morgan fingerprint density at radius 1 is 1.29 bits per heavy atom. The van der Waals surface area contributed by atoms with Gasteiger partial charge in [0, 0.05) is 5.02 Å². The van der Waals surface area contributed by atoms with Crippen molar-refractivity contribution in [1.29, 1.82) is 0 Å². The first-order chi connectivity index (χ1) is 6.36. The highest BCUT2D eigenvalue weighted by atomic mass is 35.5. The summed E-state index contributed by atoms with van der Waals surface area (Å²) in [5.74, 6) is -1.28. The highest BCUT2D eigenvalue weighted by molar-refractivity contribution is 6.30. The monoisotopic (exact) mass is 226 g/mol. The molecule has 14 heavy (non-hydrogen) atoms. The fraction of sp³-hybridized carbons (Fsp3) is 0.125. The van der Waals surface area contributed by atoms with Crippen LogP contribution in [0.4, 0.5) is 17.6 Å². The lowest BCUT2D eigenvalue weighted by Crippen LogP contribution is -2.10. The molecule has 0 aromatic heterocycles. The van der Waals surface area contributed by atoms with Crippen LogP contribution in [0.1, 0.15) is 15.9 Å². The summed E-state index contributed by atoms with van der Waals surface area (Å²) in [5, 5.41) is -0.402. The Morgan fingerprint density at radius 3 is 2.29 bits per heavy atom. The molecule has 0 spiro atoms. The number of aldehydes is 1. The molecule has 6 heteroatoms. The molecule has 0 N–H and O–H groups in total. The van der Waals surface area contributed by atoms with Gasteiger partial charge >= 0.3 is 6.18 Å². The molecule has 0 saturated heterocycles. The first kappa shape index (κ1) is 11.0. The van der Waals surface area contributed by atoms with Gasteiger partial charge in [0.25, 0.3) is 0 Å². The van der Waals surface area contributed by atoms with Gasteiger partial charge in [0.1, 0.15) is 5.82 Å². The van der Waals surface area contributed by atoms with Gasteiger partial charge in [0.2, 0.25) is 0 Å². The maximum atomic E-state index is 12.8. The molecule has 1 rings (SSSR count). The van der Waals surface area contributed by atoms with Crippen LogP contribution >= 0.6 is 11.6 Å². The van der Waals surface area contributed by atoms with Gasteiger partial charge < -0.3 is 0 Å². The van der Waals surface area contributed by atoms with E-state index in [1.54, 1.807) is 0 Å². The molecule has 0 unspecified atom stereocenters.